The van der Waals surface area contributed by atoms with Crippen molar-refractivity contribution in [2.75, 3.05) is 29.9 Å². The van der Waals surface area contributed by atoms with Crippen molar-refractivity contribution in [2.45, 2.75) is 12.8 Å². The molecule has 28 heavy (non-hydrogen) atoms. The van der Waals surface area contributed by atoms with E-state index in [1.165, 1.54) is 12.1 Å². The van der Waals surface area contributed by atoms with Gasteiger partial charge in [0.15, 0.2) is 0 Å². The molecule has 1 aliphatic heterocycles. The highest BCUT2D eigenvalue weighted by Gasteiger charge is 2.26. The van der Waals surface area contributed by atoms with Gasteiger partial charge in [-0.2, -0.15) is 0 Å². The molecule has 2 amide bonds. The topological polar surface area (TPSA) is 105 Å². The van der Waals surface area contributed by atoms with Gasteiger partial charge in [-0.15, -0.1) is 0 Å². The quantitative estimate of drug-likeness (QED) is 0.420. The first kappa shape index (κ1) is 19.6. The largest absolute Gasteiger partial charge is 0.383 e. The number of hydrogen-bond donors (Lipinski definition) is 2. The van der Waals surface area contributed by atoms with Crippen molar-refractivity contribution in [1.29, 1.82) is 0 Å². The number of nitrogens with one attached hydrogen (secondary N) is 2. The molecule has 1 saturated heterocycles. The Hall–Kier alpha value is -3.13. The van der Waals surface area contributed by atoms with Crippen LogP contribution in [0.4, 0.5) is 17.1 Å². The summed E-state index contributed by atoms with van der Waals surface area (Å²) in [6.45, 7) is 1.35. The van der Waals surface area contributed by atoms with Crippen molar-refractivity contribution in [2.24, 2.45) is 0 Å². The van der Waals surface area contributed by atoms with Crippen molar-refractivity contribution in [3.8, 4) is 0 Å². The predicted octanol–water partition coefficient (Wildman–Crippen LogP) is 3.22. The molecule has 1 heterocycles. The summed E-state index contributed by atoms with van der Waals surface area (Å²) in [6, 6.07) is 10.9. The number of carbonyl (C=O) groups excluding carboxylic acids is 2. The molecule has 0 aromatic heterocycles. The second-order valence-electron chi connectivity index (χ2n) is 6.30. The van der Waals surface area contributed by atoms with Gasteiger partial charge in [-0.05, 0) is 36.8 Å². The van der Waals surface area contributed by atoms with E-state index in [2.05, 4.69) is 10.6 Å². The van der Waals surface area contributed by atoms with Crippen molar-refractivity contribution < 1.29 is 14.5 Å². The zero-order valence-corrected chi connectivity index (χ0v) is 15.7. The molecular weight excluding hydrogens is 384 g/mol. The summed E-state index contributed by atoms with van der Waals surface area (Å²) >= 11 is 6.05. The zero-order chi connectivity index (χ0) is 20.1. The number of rotatable bonds is 7. The van der Waals surface area contributed by atoms with Gasteiger partial charge < -0.3 is 15.5 Å². The van der Waals surface area contributed by atoms with E-state index in [1.807, 2.05) is 0 Å². The number of nitrogens with zero attached hydrogens (tertiary/aromatic N) is 2. The maximum Gasteiger partial charge on any atom is 0.269 e. The van der Waals surface area contributed by atoms with Gasteiger partial charge >= 0.3 is 0 Å². The Balaban J connectivity index is 1.58. The number of nitro groups is 1. The van der Waals surface area contributed by atoms with E-state index >= 15 is 0 Å². The SMILES string of the molecule is O=C(NCCNc1ccc([N+](=O)[O-])cc1)c1ccc(Cl)cc1N1CCCC1=O. The molecule has 2 N–H and O–H groups in total. The zero-order valence-electron chi connectivity index (χ0n) is 15.0. The smallest absolute Gasteiger partial charge is 0.269 e. The molecule has 0 spiro atoms. The minimum absolute atomic E-state index is 0.0174. The molecule has 0 aliphatic carbocycles. The van der Waals surface area contributed by atoms with E-state index in [4.69, 9.17) is 11.6 Å². The van der Waals surface area contributed by atoms with E-state index in [0.29, 0.717) is 42.3 Å². The second-order valence-corrected chi connectivity index (χ2v) is 6.73. The minimum atomic E-state index is -0.460. The summed E-state index contributed by atoms with van der Waals surface area (Å²) in [4.78, 5) is 36.4. The Bertz CT molecular complexity index is 901. The van der Waals surface area contributed by atoms with Gasteiger partial charge in [-0.1, -0.05) is 11.6 Å². The van der Waals surface area contributed by atoms with E-state index in [0.717, 1.165) is 12.1 Å². The van der Waals surface area contributed by atoms with E-state index < -0.39 is 4.92 Å². The fraction of sp³-hybridized carbons (Fsp3) is 0.263. The van der Waals surface area contributed by atoms with Gasteiger partial charge in [-0.3, -0.25) is 19.7 Å². The first-order valence-electron chi connectivity index (χ1n) is 8.82. The number of nitro benzene ring substituents is 1. The van der Waals surface area contributed by atoms with Crippen molar-refractivity contribution in [3.63, 3.8) is 0 Å². The maximum absolute atomic E-state index is 12.6. The highest BCUT2D eigenvalue weighted by molar-refractivity contribution is 6.31. The van der Waals surface area contributed by atoms with E-state index in [-0.39, 0.29) is 17.5 Å². The summed E-state index contributed by atoms with van der Waals surface area (Å²) in [5.41, 5.74) is 1.66. The average Bonchev–Trinajstić information content (AvgIpc) is 3.11. The number of benzene rings is 2. The minimum Gasteiger partial charge on any atom is -0.383 e. The Morgan fingerprint density at radius 2 is 1.93 bits per heavy atom. The van der Waals surface area contributed by atoms with Gasteiger partial charge in [0.1, 0.15) is 0 Å². The number of anilines is 2. The lowest BCUT2D eigenvalue weighted by atomic mass is 10.1. The number of carbonyl (C=O) groups is 2. The van der Waals surface area contributed by atoms with Crippen molar-refractivity contribution >= 4 is 40.5 Å². The third-order valence-electron chi connectivity index (χ3n) is 4.39. The normalized spacial score (nSPS) is 13.5. The van der Waals surface area contributed by atoms with Crippen LogP contribution in [0.2, 0.25) is 5.02 Å². The fourth-order valence-electron chi connectivity index (χ4n) is 3.00. The monoisotopic (exact) mass is 402 g/mol. The van der Waals surface area contributed by atoms with Crippen LogP contribution in [0.5, 0.6) is 0 Å². The fourth-order valence-corrected chi connectivity index (χ4v) is 3.17. The lowest BCUT2D eigenvalue weighted by molar-refractivity contribution is -0.384. The van der Waals surface area contributed by atoms with Crippen molar-refractivity contribution in [1.82, 2.24) is 5.32 Å². The molecule has 1 fully saturated rings. The summed E-state index contributed by atoms with van der Waals surface area (Å²) in [6.07, 6.45) is 1.22. The van der Waals surface area contributed by atoms with Crippen LogP contribution in [-0.2, 0) is 4.79 Å². The van der Waals surface area contributed by atoms with Crippen LogP contribution >= 0.6 is 11.6 Å². The molecule has 146 valence electrons. The maximum atomic E-state index is 12.6. The van der Waals surface area contributed by atoms with Crippen LogP contribution in [0.15, 0.2) is 42.5 Å². The molecule has 2 aromatic carbocycles. The van der Waals surface area contributed by atoms with Crippen LogP contribution in [0.3, 0.4) is 0 Å². The van der Waals surface area contributed by atoms with Gasteiger partial charge in [0.25, 0.3) is 11.6 Å². The second kappa shape index (κ2) is 8.71. The van der Waals surface area contributed by atoms with Gasteiger partial charge in [0.05, 0.1) is 16.2 Å². The molecule has 0 saturated carbocycles. The summed E-state index contributed by atoms with van der Waals surface area (Å²) < 4.78 is 0. The molecule has 2 aromatic rings. The van der Waals surface area contributed by atoms with Crippen LogP contribution in [0.25, 0.3) is 0 Å². The Kier molecular flexibility index (Phi) is 6.10. The van der Waals surface area contributed by atoms with Gasteiger partial charge in [0.2, 0.25) is 5.91 Å². The molecule has 9 heteroatoms. The van der Waals surface area contributed by atoms with Crippen LogP contribution in [0.1, 0.15) is 23.2 Å². The van der Waals surface area contributed by atoms with E-state index in [1.54, 1.807) is 35.2 Å². The van der Waals surface area contributed by atoms with Crippen LogP contribution in [0, 0.1) is 10.1 Å². The third kappa shape index (κ3) is 4.58. The molecule has 3 rings (SSSR count). The molecule has 0 atom stereocenters. The van der Waals surface area contributed by atoms with Crippen LogP contribution < -0.4 is 15.5 Å². The summed E-state index contributed by atoms with van der Waals surface area (Å²) in [5.74, 6) is -0.312. The first-order valence-corrected chi connectivity index (χ1v) is 9.20. The molecule has 0 unspecified atom stereocenters. The van der Waals surface area contributed by atoms with Crippen LogP contribution in [-0.4, -0.2) is 36.4 Å². The van der Waals surface area contributed by atoms with E-state index in [9.17, 15) is 19.7 Å². The number of amides is 2. The summed E-state index contributed by atoms with van der Waals surface area (Å²) in [5, 5.41) is 17.0. The number of non-ortho nitro benzene ring substituents is 1. The highest BCUT2D eigenvalue weighted by atomic mass is 35.5. The molecule has 1 aliphatic rings. The Labute approximate surface area is 166 Å². The molecule has 8 nitrogen and oxygen atoms in total. The third-order valence-corrected chi connectivity index (χ3v) is 4.62. The number of halogens is 1. The first-order chi connectivity index (χ1) is 13.5. The van der Waals surface area contributed by atoms with Gasteiger partial charge in [0, 0.05) is 48.9 Å². The Morgan fingerprint density at radius 3 is 2.57 bits per heavy atom. The lowest BCUT2D eigenvalue weighted by Gasteiger charge is -2.20. The predicted molar refractivity (Wildman–Crippen MR) is 107 cm³/mol. The lowest BCUT2D eigenvalue weighted by Crippen LogP contribution is -2.32. The average molecular weight is 403 g/mol. The molecule has 0 bridgehead atoms. The summed E-state index contributed by atoms with van der Waals surface area (Å²) in [7, 11) is 0. The van der Waals surface area contributed by atoms with Crippen molar-refractivity contribution in [3.05, 3.63) is 63.2 Å². The highest BCUT2D eigenvalue weighted by Crippen LogP contribution is 2.28. The number of hydrogen-bond acceptors (Lipinski definition) is 5. The molecule has 0 radical (unpaired) electrons. The standard InChI is InChI=1S/C19H19ClN4O4/c20-13-3-8-16(17(12-13)23-11-1-2-18(23)25)19(26)22-10-9-21-14-4-6-15(7-5-14)24(27)28/h3-8,12,21H,1-2,9-11H2,(H,22,26). The molecular formula is C19H19ClN4O4. The van der Waals surface area contributed by atoms with Gasteiger partial charge in [-0.25, -0.2) is 0 Å². The Morgan fingerprint density at radius 1 is 1.18 bits per heavy atom.